The lowest BCUT2D eigenvalue weighted by molar-refractivity contribution is -0.385. The predicted octanol–water partition coefficient (Wildman–Crippen LogP) is 3.04. The van der Waals surface area contributed by atoms with Crippen molar-refractivity contribution in [3.8, 4) is 0 Å². The number of rotatable bonds is 4. The highest BCUT2D eigenvalue weighted by molar-refractivity contribution is 14.1. The fourth-order valence-corrected chi connectivity index (χ4v) is 1.83. The maximum Gasteiger partial charge on any atom is 0.287 e. The van der Waals surface area contributed by atoms with Crippen molar-refractivity contribution < 1.29 is 4.92 Å². The number of nitrogens with zero attached hydrogens (tertiary/aromatic N) is 3. The van der Waals surface area contributed by atoms with Gasteiger partial charge in [-0.05, 0) is 34.7 Å². The minimum Gasteiger partial charge on any atom is -0.261 e. The number of hydrogen-bond donors (Lipinski definition) is 1. The Balaban J connectivity index is 2.03. The van der Waals surface area contributed by atoms with Crippen LogP contribution in [0.4, 0.5) is 11.5 Å². The number of nitro groups is 1. The van der Waals surface area contributed by atoms with Gasteiger partial charge in [-0.25, -0.2) is 4.98 Å². The van der Waals surface area contributed by atoms with Crippen molar-refractivity contribution in [2.24, 2.45) is 5.10 Å². The van der Waals surface area contributed by atoms with Gasteiger partial charge in [-0.3, -0.25) is 15.5 Å². The molecule has 2 rings (SSSR count). The van der Waals surface area contributed by atoms with Crippen LogP contribution in [0, 0.1) is 13.7 Å². The van der Waals surface area contributed by atoms with Crippen molar-refractivity contribution in [2.45, 2.75) is 0 Å². The van der Waals surface area contributed by atoms with Gasteiger partial charge >= 0.3 is 0 Å². The molecule has 0 radical (unpaired) electrons. The number of aromatic nitrogens is 1. The summed E-state index contributed by atoms with van der Waals surface area (Å²) in [6.45, 7) is 0. The standard InChI is InChI=1S/C12H9IN4O2/c13-11-4-2-1-3-9(11)7-15-16-12-6-5-10(8-14-12)17(18)19/h1-8H,(H,14,16). The Bertz CT molecular complexity index is 613. The lowest BCUT2D eigenvalue weighted by Crippen LogP contribution is -1.95. The van der Waals surface area contributed by atoms with Gasteiger partial charge in [-0.1, -0.05) is 18.2 Å². The molecular formula is C12H9IN4O2. The first kappa shape index (κ1) is 13.4. The third kappa shape index (κ3) is 3.71. The number of pyridine rings is 1. The Kier molecular flexibility index (Phi) is 4.39. The number of nitrogens with one attached hydrogen (secondary N) is 1. The molecule has 0 saturated heterocycles. The fourth-order valence-electron chi connectivity index (χ4n) is 1.31. The summed E-state index contributed by atoms with van der Waals surface area (Å²) in [5.41, 5.74) is 3.65. The Morgan fingerprint density at radius 1 is 1.32 bits per heavy atom. The van der Waals surface area contributed by atoms with Gasteiger partial charge in [0.15, 0.2) is 0 Å². The number of benzene rings is 1. The smallest absolute Gasteiger partial charge is 0.261 e. The van der Waals surface area contributed by atoms with E-state index in [1.807, 2.05) is 24.3 Å². The van der Waals surface area contributed by atoms with Gasteiger partial charge < -0.3 is 0 Å². The molecule has 0 aliphatic rings. The first-order chi connectivity index (χ1) is 9.16. The molecule has 0 fully saturated rings. The summed E-state index contributed by atoms with van der Waals surface area (Å²) in [6.07, 6.45) is 2.86. The van der Waals surface area contributed by atoms with E-state index in [2.05, 4.69) is 38.1 Å². The zero-order valence-corrected chi connectivity index (χ0v) is 11.8. The summed E-state index contributed by atoms with van der Waals surface area (Å²) in [7, 11) is 0. The molecule has 0 bridgehead atoms. The first-order valence-electron chi connectivity index (χ1n) is 5.31. The van der Waals surface area contributed by atoms with Crippen LogP contribution in [-0.4, -0.2) is 16.1 Å². The Labute approximate surface area is 122 Å². The van der Waals surface area contributed by atoms with E-state index >= 15 is 0 Å². The molecule has 2 aromatic rings. The first-order valence-corrected chi connectivity index (χ1v) is 6.39. The summed E-state index contributed by atoms with van der Waals surface area (Å²) in [4.78, 5) is 13.9. The van der Waals surface area contributed by atoms with E-state index in [1.165, 1.54) is 18.3 Å². The molecule has 19 heavy (non-hydrogen) atoms. The fraction of sp³-hybridized carbons (Fsp3) is 0. The van der Waals surface area contributed by atoms with Crippen molar-refractivity contribution >= 4 is 40.3 Å². The van der Waals surface area contributed by atoms with Crippen LogP contribution in [0.3, 0.4) is 0 Å². The average Bonchev–Trinajstić information content (AvgIpc) is 2.41. The highest BCUT2D eigenvalue weighted by Crippen LogP contribution is 2.12. The van der Waals surface area contributed by atoms with E-state index in [0.717, 1.165) is 9.13 Å². The topological polar surface area (TPSA) is 80.4 Å². The summed E-state index contributed by atoms with van der Waals surface area (Å²) >= 11 is 2.22. The lowest BCUT2D eigenvalue weighted by Gasteiger charge is -1.99. The van der Waals surface area contributed by atoms with Crippen LogP contribution < -0.4 is 5.43 Å². The van der Waals surface area contributed by atoms with E-state index in [4.69, 9.17) is 0 Å². The van der Waals surface area contributed by atoms with E-state index in [1.54, 1.807) is 6.21 Å². The van der Waals surface area contributed by atoms with E-state index in [-0.39, 0.29) is 5.69 Å². The number of hydrogen-bond acceptors (Lipinski definition) is 5. The molecule has 7 heteroatoms. The van der Waals surface area contributed by atoms with Gasteiger partial charge in [0, 0.05) is 15.2 Å². The minimum atomic E-state index is -0.494. The molecule has 0 spiro atoms. The normalized spacial score (nSPS) is 10.6. The van der Waals surface area contributed by atoms with E-state index < -0.39 is 4.92 Å². The van der Waals surface area contributed by atoms with Crippen LogP contribution in [0.25, 0.3) is 0 Å². The van der Waals surface area contributed by atoms with E-state index in [0.29, 0.717) is 5.82 Å². The molecule has 0 aliphatic carbocycles. The number of anilines is 1. The SMILES string of the molecule is O=[N+]([O-])c1ccc(NN=Cc2ccccc2I)nc1. The molecule has 1 N–H and O–H groups in total. The number of halogens is 1. The average molecular weight is 368 g/mol. The molecule has 0 saturated carbocycles. The molecular weight excluding hydrogens is 359 g/mol. The van der Waals surface area contributed by atoms with Crippen molar-refractivity contribution in [1.82, 2.24) is 4.98 Å². The van der Waals surface area contributed by atoms with Crippen LogP contribution in [0.1, 0.15) is 5.56 Å². The zero-order chi connectivity index (χ0) is 13.7. The van der Waals surface area contributed by atoms with Crippen LogP contribution in [-0.2, 0) is 0 Å². The third-order valence-electron chi connectivity index (χ3n) is 2.25. The summed E-state index contributed by atoms with van der Waals surface area (Å²) in [6, 6.07) is 10.7. The van der Waals surface area contributed by atoms with E-state index in [9.17, 15) is 10.1 Å². The highest BCUT2D eigenvalue weighted by Gasteiger charge is 2.04. The minimum absolute atomic E-state index is 0.0489. The maximum atomic E-state index is 10.5. The molecule has 6 nitrogen and oxygen atoms in total. The Morgan fingerprint density at radius 2 is 2.11 bits per heavy atom. The van der Waals surface area contributed by atoms with Gasteiger partial charge in [0.2, 0.25) is 0 Å². The largest absolute Gasteiger partial charge is 0.287 e. The Morgan fingerprint density at radius 3 is 2.74 bits per heavy atom. The zero-order valence-electron chi connectivity index (χ0n) is 9.65. The van der Waals surface area contributed by atoms with Gasteiger partial charge in [0.25, 0.3) is 5.69 Å². The molecule has 1 aromatic carbocycles. The maximum absolute atomic E-state index is 10.5. The molecule has 1 aromatic heterocycles. The molecule has 0 atom stereocenters. The second kappa shape index (κ2) is 6.23. The monoisotopic (exact) mass is 368 g/mol. The van der Waals surface area contributed by atoms with Crippen LogP contribution >= 0.6 is 22.6 Å². The third-order valence-corrected chi connectivity index (χ3v) is 3.23. The van der Waals surface area contributed by atoms with Gasteiger partial charge in [0.05, 0.1) is 11.1 Å². The summed E-state index contributed by atoms with van der Waals surface area (Å²) < 4.78 is 1.09. The van der Waals surface area contributed by atoms with Crippen molar-refractivity contribution in [3.05, 3.63) is 61.8 Å². The second-order valence-corrected chi connectivity index (χ2v) is 4.71. The molecule has 1 heterocycles. The molecule has 0 aliphatic heterocycles. The van der Waals surface area contributed by atoms with Gasteiger partial charge in [0.1, 0.15) is 12.0 Å². The predicted molar refractivity (Wildman–Crippen MR) is 81.3 cm³/mol. The van der Waals surface area contributed by atoms with Crippen LogP contribution in [0.5, 0.6) is 0 Å². The van der Waals surface area contributed by atoms with Crippen molar-refractivity contribution in [3.63, 3.8) is 0 Å². The quantitative estimate of drug-likeness (QED) is 0.389. The van der Waals surface area contributed by atoms with Crippen LogP contribution in [0.15, 0.2) is 47.7 Å². The van der Waals surface area contributed by atoms with Crippen molar-refractivity contribution in [2.75, 3.05) is 5.43 Å². The summed E-state index contributed by atoms with van der Waals surface area (Å²) in [5.74, 6) is 0.452. The number of hydrazone groups is 1. The second-order valence-electron chi connectivity index (χ2n) is 3.55. The highest BCUT2D eigenvalue weighted by atomic mass is 127. The van der Waals surface area contributed by atoms with Crippen LogP contribution in [0.2, 0.25) is 0 Å². The lowest BCUT2D eigenvalue weighted by atomic mass is 10.2. The van der Waals surface area contributed by atoms with Crippen molar-refractivity contribution in [1.29, 1.82) is 0 Å². The molecule has 96 valence electrons. The molecule has 0 amide bonds. The van der Waals surface area contributed by atoms with Gasteiger partial charge in [-0.2, -0.15) is 5.10 Å². The Hall–Kier alpha value is -2.03. The van der Waals surface area contributed by atoms with Gasteiger partial charge in [-0.15, -0.1) is 0 Å². The molecule has 0 unspecified atom stereocenters. The summed E-state index contributed by atoms with van der Waals surface area (Å²) in [5, 5.41) is 14.5.